The zero-order chi connectivity index (χ0) is 14.5. The number of benzene rings is 1. The van der Waals surface area contributed by atoms with E-state index < -0.39 is 4.92 Å². The van der Waals surface area contributed by atoms with Crippen LogP contribution >= 0.6 is 0 Å². The van der Waals surface area contributed by atoms with Gasteiger partial charge in [0.2, 0.25) is 0 Å². The molecule has 0 aliphatic heterocycles. The highest BCUT2D eigenvalue weighted by Crippen LogP contribution is 2.27. The molecule has 0 saturated carbocycles. The predicted molar refractivity (Wildman–Crippen MR) is 69.1 cm³/mol. The third-order valence-corrected chi connectivity index (χ3v) is 2.87. The summed E-state index contributed by atoms with van der Waals surface area (Å²) in [7, 11) is 0. The van der Waals surface area contributed by atoms with Crippen molar-refractivity contribution in [3.63, 3.8) is 0 Å². The SMILES string of the molecule is Cc1onc(-c2ccc([N+](=O)[O-])cc2)c1CCOC=O. The van der Waals surface area contributed by atoms with Gasteiger partial charge in [0.25, 0.3) is 12.2 Å². The van der Waals surface area contributed by atoms with Crippen molar-refractivity contribution in [2.75, 3.05) is 6.61 Å². The molecule has 0 N–H and O–H groups in total. The van der Waals surface area contributed by atoms with E-state index in [0.29, 0.717) is 29.9 Å². The molecular formula is C13H12N2O5. The molecule has 0 bridgehead atoms. The smallest absolute Gasteiger partial charge is 0.293 e. The summed E-state index contributed by atoms with van der Waals surface area (Å²) in [6, 6.07) is 6.04. The minimum absolute atomic E-state index is 0.0137. The normalized spacial score (nSPS) is 10.2. The standard InChI is InChI=1S/C13H12N2O5/c1-9-12(6-7-19-8-16)13(14-20-9)10-2-4-11(5-3-10)15(17)18/h2-5,8H,6-7H2,1H3. The lowest BCUT2D eigenvalue weighted by atomic mass is 10.0. The van der Waals surface area contributed by atoms with Crippen LogP contribution in [0.15, 0.2) is 28.8 Å². The first-order valence-corrected chi connectivity index (χ1v) is 5.88. The van der Waals surface area contributed by atoms with Gasteiger partial charge in [0, 0.05) is 29.7 Å². The van der Waals surface area contributed by atoms with Crippen LogP contribution in [0.25, 0.3) is 11.3 Å². The summed E-state index contributed by atoms with van der Waals surface area (Å²) in [4.78, 5) is 20.3. The second-order valence-electron chi connectivity index (χ2n) is 4.09. The number of hydrogen-bond acceptors (Lipinski definition) is 6. The van der Waals surface area contributed by atoms with Crippen molar-refractivity contribution in [2.24, 2.45) is 0 Å². The van der Waals surface area contributed by atoms with Crippen LogP contribution in [0.3, 0.4) is 0 Å². The van der Waals surface area contributed by atoms with E-state index in [2.05, 4.69) is 9.89 Å². The Balaban J connectivity index is 2.27. The summed E-state index contributed by atoms with van der Waals surface area (Å²) < 4.78 is 9.79. The minimum atomic E-state index is -0.462. The first kappa shape index (κ1) is 13.7. The fraction of sp³-hybridized carbons (Fsp3) is 0.231. The van der Waals surface area contributed by atoms with Gasteiger partial charge in [-0.05, 0) is 19.1 Å². The number of rotatable bonds is 6. The number of ether oxygens (including phenoxy) is 1. The number of non-ortho nitro benzene ring substituents is 1. The lowest BCUT2D eigenvalue weighted by molar-refractivity contribution is -0.384. The molecule has 7 nitrogen and oxygen atoms in total. The molecule has 2 aromatic rings. The molecular weight excluding hydrogens is 264 g/mol. The molecule has 0 unspecified atom stereocenters. The van der Waals surface area contributed by atoms with Gasteiger partial charge in [-0.15, -0.1) is 0 Å². The van der Waals surface area contributed by atoms with E-state index in [1.54, 1.807) is 19.1 Å². The van der Waals surface area contributed by atoms with E-state index in [1.165, 1.54) is 12.1 Å². The van der Waals surface area contributed by atoms with Crippen LogP contribution in [-0.4, -0.2) is 23.2 Å². The Hall–Kier alpha value is -2.70. The Kier molecular flexibility index (Phi) is 4.09. The minimum Gasteiger partial charge on any atom is -0.468 e. The van der Waals surface area contributed by atoms with Crippen LogP contribution < -0.4 is 0 Å². The lowest BCUT2D eigenvalue weighted by Crippen LogP contribution is -1.98. The molecule has 0 atom stereocenters. The predicted octanol–water partition coefficient (Wildman–Crippen LogP) is 2.27. The van der Waals surface area contributed by atoms with E-state index >= 15 is 0 Å². The number of aromatic nitrogens is 1. The van der Waals surface area contributed by atoms with Gasteiger partial charge in [0.15, 0.2) is 0 Å². The number of carbonyl (C=O) groups is 1. The van der Waals surface area contributed by atoms with Crippen molar-refractivity contribution in [3.8, 4) is 11.3 Å². The monoisotopic (exact) mass is 276 g/mol. The number of nitrogens with zero attached hydrogens (tertiary/aromatic N) is 2. The van der Waals surface area contributed by atoms with Crippen LogP contribution in [0, 0.1) is 17.0 Å². The molecule has 0 spiro atoms. The molecule has 104 valence electrons. The molecule has 1 aromatic carbocycles. The topological polar surface area (TPSA) is 95.5 Å². The number of nitro benzene ring substituents is 1. The molecule has 7 heteroatoms. The van der Waals surface area contributed by atoms with Gasteiger partial charge in [-0.3, -0.25) is 14.9 Å². The number of carbonyl (C=O) groups excluding carboxylic acids is 1. The fourth-order valence-electron chi connectivity index (χ4n) is 1.86. The highest BCUT2D eigenvalue weighted by Gasteiger charge is 2.15. The van der Waals surface area contributed by atoms with E-state index in [-0.39, 0.29) is 12.3 Å². The molecule has 0 amide bonds. The Bertz CT molecular complexity index is 618. The quantitative estimate of drug-likeness (QED) is 0.347. The van der Waals surface area contributed by atoms with Crippen LogP contribution in [0.2, 0.25) is 0 Å². The number of hydrogen-bond donors (Lipinski definition) is 0. The molecule has 2 rings (SSSR count). The maximum absolute atomic E-state index is 10.6. The zero-order valence-corrected chi connectivity index (χ0v) is 10.7. The van der Waals surface area contributed by atoms with Crippen molar-refractivity contribution in [1.29, 1.82) is 0 Å². The van der Waals surface area contributed by atoms with Crippen LogP contribution in [0.1, 0.15) is 11.3 Å². The van der Waals surface area contributed by atoms with Gasteiger partial charge in [-0.2, -0.15) is 0 Å². The lowest BCUT2D eigenvalue weighted by Gasteiger charge is -2.02. The van der Waals surface area contributed by atoms with Gasteiger partial charge in [-0.25, -0.2) is 0 Å². The Morgan fingerprint density at radius 2 is 2.10 bits per heavy atom. The zero-order valence-electron chi connectivity index (χ0n) is 10.7. The maximum Gasteiger partial charge on any atom is 0.293 e. The molecule has 0 fully saturated rings. The van der Waals surface area contributed by atoms with Crippen LogP contribution in [0.5, 0.6) is 0 Å². The van der Waals surface area contributed by atoms with E-state index in [1.807, 2.05) is 0 Å². The second-order valence-corrected chi connectivity index (χ2v) is 4.09. The first-order chi connectivity index (χ1) is 9.63. The summed E-state index contributed by atoms with van der Waals surface area (Å²) in [6.07, 6.45) is 0.473. The Labute approximate surface area is 114 Å². The Morgan fingerprint density at radius 1 is 1.40 bits per heavy atom. The molecule has 0 aliphatic carbocycles. The summed E-state index contributed by atoms with van der Waals surface area (Å²) in [5.74, 6) is 0.632. The summed E-state index contributed by atoms with van der Waals surface area (Å²) in [6.45, 7) is 2.37. The summed E-state index contributed by atoms with van der Waals surface area (Å²) >= 11 is 0. The third kappa shape index (κ3) is 2.82. The van der Waals surface area contributed by atoms with Crippen molar-refractivity contribution in [2.45, 2.75) is 13.3 Å². The van der Waals surface area contributed by atoms with E-state index in [0.717, 1.165) is 5.56 Å². The molecule has 20 heavy (non-hydrogen) atoms. The van der Waals surface area contributed by atoms with Crippen LogP contribution in [0.4, 0.5) is 5.69 Å². The van der Waals surface area contributed by atoms with Crippen LogP contribution in [-0.2, 0) is 16.0 Å². The van der Waals surface area contributed by atoms with Crippen molar-refractivity contribution < 1.29 is 19.0 Å². The van der Waals surface area contributed by atoms with Crippen molar-refractivity contribution >= 4 is 12.2 Å². The maximum atomic E-state index is 10.6. The average Bonchev–Trinajstić information content (AvgIpc) is 2.81. The van der Waals surface area contributed by atoms with Gasteiger partial charge < -0.3 is 9.26 Å². The summed E-state index contributed by atoms with van der Waals surface area (Å²) in [5.41, 5.74) is 2.15. The largest absolute Gasteiger partial charge is 0.468 e. The van der Waals surface area contributed by atoms with E-state index in [9.17, 15) is 14.9 Å². The third-order valence-electron chi connectivity index (χ3n) is 2.87. The second kappa shape index (κ2) is 5.96. The van der Waals surface area contributed by atoms with Crippen molar-refractivity contribution in [3.05, 3.63) is 45.7 Å². The molecule has 1 aromatic heterocycles. The molecule has 1 heterocycles. The number of nitro groups is 1. The van der Waals surface area contributed by atoms with Gasteiger partial charge in [0.1, 0.15) is 11.5 Å². The van der Waals surface area contributed by atoms with Crippen molar-refractivity contribution in [1.82, 2.24) is 5.16 Å². The van der Waals surface area contributed by atoms with E-state index in [4.69, 9.17) is 4.52 Å². The van der Waals surface area contributed by atoms with Gasteiger partial charge in [0.05, 0.1) is 11.5 Å². The summed E-state index contributed by atoms with van der Waals surface area (Å²) in [5, 5.41) is 14.6. The Morgan fingerprint density at radius 3 is 2.70 bits per heavy atom. The van der Waals surface area contributed by atoms with Gasteiger partial charge >= 0.3 is 0 Å². The highest BCUT2D eigenvalue weighted by atomic mass is 16.6. The average molecular weight is 276 g/mol. The fourth-order valence-corrected chi connectivity index (χ4v) is 1.86. The first-order valence-electron chi connectivity index (χ1n) is 5.88. The number of aryl methyl sites for hydroxylation is 1. The molecule has 0 radical (unpaired) electrons. The molecule has 0 aliphatic rings. The van der Waals surface area contributed by atoms with Gasteiger partial charge in [-0.1, -0.05) is 5.16 Å². The molecule has 0 saturated heterocycles. The highest BCUT2D eigenvalue weighted by molar-refractivity contribution is 5.64.